The molecular weight excluding hydrogens is 888 g/mol. The lowest BCUT2D eigenvalue weighted by molar-refractivity contribution is -0.220. The molecule has 0 radical (unpaired) electrons. The molecule has 68 heavy (non-hydrogen) atoms. The van der Waals surface area contributed by atoms with Crippen LogP contribution in [0.5, 0.6) is 0 Å². The molecule has 0 aromatic rings. The van der Waals surface area contributed by atoms with Crippen LogP contribution in [0.3, 0.4) is 0 Å². The molecule has 0 saturated heterocycles. The fraction of sp³-hybridized carbons (Fsp3) is 0.926. The van der Waals surface area contributed by atoms with Crippen molar-refractivity contribution in [1.82, 2.24) is 0 Å². The van der Waals surface area contributed by atoms with Gasteiger partial charge in [-0.05, 0) is 38.5 Å². The molecule has 402 valence electrons. The predicted molar refractivity (Wildman–Crippen MR) is 272 cm³/mol. The lowest BCUT2D eigenvalue weighted by atomic mass is 9.85. The molecule has 1 rings (SSSR count). The molecule has 0 heterocycles. The van der Waals surface area contributed by atoms with Gasteiger partial charge in [0, 0.05) is 12.8 Å². The van der Waals surface area contributed by atoms with Crippen molar-refractivity contribution in [3.63, 3.8) is 0 Å². The number of aliphatic hydroxyl groups excluding tert-OH is 5. The first kappa shape index (κ1) is 64.6. The number of allylic oxidation sites excluding steroid dienone is 2. The topological polar surface area (TPSA) is 210 Å². The zero-order chi connectivity index (χ0) is 49.9. The van der Waals surface area contributed by atoms with Crippen molar-refractivity contribution in [2.24, 2.45) is 0 Å². The van der Waals surface area contributed by atoms with E-state index in [9.17, 15) is 44.6 Å². The molecule has 0 aromatic heterocycles. The fourth-order valence-corrected chi connectivity index (χ4v) is 9.85. The quantitative estimate of drug-likeness (QED) is 0.0145. The molecule has 8 atom stereocenters. The van der Waals surface area contributed by atoms with Crippen LogP contribution in [0.2, 0.25) is 0 Å². The van der Waals surface area contributed by atoms with Gasteiger partial charge in [0.25, 0.3) is 0 Å². The minimum absolute atomic E-state index is 0.103. The molecule has 0 bridgehead atoms. The maximum Gasteiger partial charge on any atom is 0.472 e. The predicted octanol–water partition coefficient (Wildman–Crippen LogP) is 12.6. The second kappa shape index (κ2) is 44.3. The third-order valence-electron chi connectivity index (χ3n) is 13.4. The summed E-state index contributed by atoms with van der Waals surface area (Å²) in [5.74, 6) is -1.08. The van der Waals surface area contributed by atoms with Gasteiger partial charge in [-0.25, -0.2) is 4.57 Å². The van der Waals surface area contributed by atoms with Crippen LogP contribution in [0.25, 0.3) is 0 Å². The van der Waals surface area contributed by atoms with E-state index in [0.717, 1.165) is 38.5 Å². The highest BCUT2D eigenvalue weighted by Crippen LogP contribution is 2.47. The van der Waals surface area contributed by atoms with E-state index in [1.807, 2.05) is 0 Å². The second-order valence-electron chi connectivity index (χ2n) is 19.8. The molecule has 0 aliphatic heterocycles. The normalized spacial score (nSPS) is 21.0. The van der Waals surface area contributed by atoms with E-state index < -0.39 is 75.7 Å². The van der Waals surface area contributed by atoms with Crippen LogP contribution in [0.4, 0.5) is 0 Å². The highest BCUT2D eigenvalue weighted by atomic mass is 31.2. The molecule has 6 unspecified atom stereocenters. The molecule has 13 nitrogen and oxygen atoms in total. The summed E-state index contributed by atoms with van der Waals surface area (Å²) in [6.07, 6.45) is 36.8. The van der Waals surface area contributed by atoms with Crippen LogP contribution < -0.4 is 0 Å². The zero-order valence-corrected chi connectivity index (χ0v) is 44.1. The van der Waals surface area contributed by atoms with Crippen LogP contribution in [0.15, 0.2) is 12.2 Å². The number of hydrogen-bond donors (Lipinski definition) is 6. The Morgan fingerprint density at radius 3 is 1.12 bits per heavy atom. The number of hydrogen-bond acceptors (Lipinski definition) is 12. The molecule has 1 fully saturated rings. The van der Waals surface area contributed by atoms with E-state index in [1.54, 1.807) is 0 Å². The summed E-state index contributed by atoms with van der Waals surface area (Å²) < 4.78 is 33.7. The summed E-state index contributed by atoms with van der Waals surface area (Å²) in [6.45, 7) is 3.35. The van der Waals surface area contributed by atoms with E-state index in [1.165, 1.54) is 186 Å². The van der Waals surface area contributed by atoms with Crippen LogP contribution >= 0.6 is 7.82 Å². The van der Waals surface area contributed by atoms with Crippen molar-refractivity contribution >= 4 is 19.8 Å². The lowest BCUT2D eigenvalue weighted by Gasteiger charge is -2.41. The van der Waals surface area contributed by atoms with E-state index in [4.69, 9.17) is 18.5 Å². The second-order valence-corrected chi connectivity index (χ2v) is 21.2. The number of ether oxygens (including phenoxy) is 2. The third-order valence-corrected chi connectivity index (χ3v) is 14.3. The monoisotopic (exact) mass is 991 g/mol. The van der Waals surface area contributed by atoms with Crippen molar-refractivity contribution in [3.8, 4) is 0 Å². The summed E-state index contributed by atoms with van der Waals surface area (Å²) in [5.41, 5.74) is 0. The third kappa shape index (κ3) is 35.7. The van der Waals surface area contributed by atoms with Gasteiger partial charge in [-0.15, -0.1) is 0 Å². The average molecular weight is 991 g/mol. The Morgan fingerprint density at radius 2 is 0.750 bits per heavy atom. The molecule has 1 saturated carbocycles. The van der Waals surface area contributed by atoms with Gasteiger partial charge < -0.3 is 39.9 Å². The van der Waals surface area contributed by atoms with Gasteiger partial charge in [0.15, 0.2) is 6.10 Å². The van der Waals surface area contributed by atoms with E-state index in [2.05, 4.69) is 26.0 Å². The van der Waals surface area contributed by atoms with Gasteiger partial charge in [0.1, 0.15) is 43.2 Å². The number of phosphoric ester groups is 1. The van der Waals surface area contributed by atoms with Crippen molar-refractivity contribution in [2.75, 3.05) is 13.2 Å². The van der Waals surface area contributed by atoms with Gasteiger partial charge in [-0.3, -0.25) is 18.6 Å². The van der Waals surface area contributed by atoms with E-state index >= 15 is 0 Å². The molecule has 0 aromatic carbocycles. The number of carbonyl (C=O) groups excluding carboxylic acids is 2. The maximum atomic E-state index is 12.9. The lowest BCUT2D eigenvalue weighted by Crippen LogP contribution is -2.64. The summed E-state index contributed by atoms with van der Waals surface area (Å²) in [6, 6.07) is 0. The van der Waals surface area contributed by atoms with Crippen molar-refractivity contribution < 1.29 is 63.1 Å². The minimum atomic E-state index is -5.12. The summed E-state index contributed by atoms with van der Waals surface area (Å²) >= 11 is 0. The van der Waals surface area contributed by atoms with Crippen LogP contribution in [-0.4, -0.2) is 98.3 Å². The summed E-state index contributed by atoms with van der Waals surface area (Å²) in [4.78, 5) is 35.9. The Hall–Kier alpha value is -1.41. The van der Waals surface area contributed by atoms with Gasteiger partial charge in [0.05, 0.1) is 6.61 Å². The minimum Gasteiger partial charge on any atom is -0.462 e. The van der Waals surface area contributed by atoms with Crippen molar-refractivity contribution in [1.29, 1.82) is 0 Å². The van der Waals surface area contributed by atoms with Crippen molar-refractivity contribution in [3.05, 3.63) is 12.2 Å². The maximum absolute atomic E-state index is 12.9. The molecular formula is C54H103O13P. The highest BCUT2D eigenvalue weighted by molar-refractivity contribution is 7.47. The standard InChI is InChI=1S/C54H103O13P/c1-3-5-7-9-11-13-15-17-19-21-23-25-27-29-31-33-35-37-39-41-43-48(56)66-46(45-65-68(62,63)67-54-52(60)50(58)49(57)51(59)53(54)61)44-64-47(55)42-40-38-36-34-32-30-28-26-24-22-20-18-16-14-12-10-8-6-4-2/h18,20,46,49-54,57-61H,3-17,19,21-45H2,1-2H3,(H,62,63)/b20-18+/t46-,49?,50+,51?,52?,53?,54?/m1/s1. The van der Waals surface area contributed by atoms with Gasteiger partial charge in [-0.1, -0.05) is 225 Å². The van der Waals surface area contributed by atoms with Gasteiger partial charge in [0.2, 0.25) is 0 Å². The Balaban J connectivity index is 2.34. The van der Waals surface area contributed by atoms with Crippen LogP contribution in [0.1, 0.15) is 264 Å². The van der Waals surface area contributed by atoms with Gasteiger partial charge >= 0.3 is 19.8 Å². The van der Waals surface area contributed by atoms with Crippen LogP contribution in [-0.2, 0) is 32.7 Å². The van der Waals surface area contributed by atoms with Crippen LogP contribution in [0, 0.1) is 0 Å². The molecule has 1 aliphatic rings. The number of phosphoric acid groups is 1. The van der Waals surface area contributed by atoms with Gasteiger partial charge in [-0.2, -0.15) is 0 Å². The number of aliphatic hydroxyl groups is 5. The SMILES string of the molecule is CCCCCCCC/C=C/CCCCCCCCCCCC(=O)OC[C@H](COP(=O)(O)OC1C(O)C(O)C(O)[C@H](O)C1O)OC(=O)CCCCCCCCCCCCCCCCCCCCCC. The molecule has 14 heteroatoms. The smallest absolute Gasteiger partial charge is 0.462 e. The number of carbonyl (C=O) groups is 2. The fourth-order valence-electron chi connectivity index (χ4n) is 8.87. The average Bonchev–Trinajstić information content (AvgIpc) is 3.32. The summed E-state index contributed by atoms with van der Waals surface area (Å²) in [5, 5.41) is 50.3. The first-order valence-electron chi connectivity index (χ1n) is 28.0. The highest BCUT2D eigenvalue weighted by Gasteiger charge is 2.51. The van der Waals surface area contributed by atoms with E-state index in [-0.39, 0.29) is 12.8 Å². The molecule has 0 spiro atoms. The number of rotatable bonds is 48. The Kier molecular flexibility index (Phi) is 42.1. The molecule has 6 N–H and O–H groups in total. The number of unbranched alkanes of at least 4 members (excludes halogenated alkanes) is 34. The first-order valence-corrected chi connectivity index (χ1v) is 29.5. The molecule has 1 aliphatic carbocycles. The Labute approximate surface area is 413 Å². The van der Waals surface area contributed by atoms with Crippen molar-refractivity contribution in [2.45, 2.75) is 307 Å². The first-order chi connectivity index (χ1) is 32.9. The largest absolute Gasteiger partial charge is 0.472 e. The molecule has 0 amide bonds. The van der Waals surface area contributed by atoms with E-state index in [0.29, 0.717) is 12.8 Å². The number of esters is 2. The zero-order valence-electron chi connectivity index (χ0n) is 43.2. The Bertz CT molecular complexity index is 1240. The summed E-state index contributed by atoms with van der Waals surface area (Å²) in [7, 11) is -5.12. The Morgan fingerprint density at radius 1 is 0.441 bits per heavy atom.